The number of hydrogen-bond acceptors (Lipinski definition) is 7. The van der Waals surface area contributed by atoms with Gasteiger partial charge in [0.25, 0.3) is 0 Å². The Balaban J connectivity index is 1.44. The lowest BCUT2D eigenvalue weighted by Gasteiger charge is -2.64. The molecule has 1 aromatic heterocycles. The Morgan fingerprint density at radius 3 is 2.66 bits per heavy atom. The molecular formula is C29H31Cl2N7. The molecule has 3 saturated carbocycles. The zero-order valence-electron chi connectivity index (χ0n) is 22.6. The summed E-state index contributed by atoms with van der Waals surface area (Å²) in [6.45, 7) is 7.03. The lowest BCUT2D eigenvalue weighted by molar-refractivity contribution is -0.141. The van der Waals surface area contributed by atoms with E-state index >= 15 is 0 Å². The molecule has 2 bridgehead atoms. The first-order valence-electron chi connectivity index (χ1n) is 13.3. The molecule has 7 rings (SSSR count). The minimum atomic E-state index is -1.47. The second-order valence-electron chi connectivity index (χ2n) is 11.8. The summed E-state index contributed by atoms with van der Waals surface area (Å²) in [6, 6.07) is 11.8. The van der Waals surface area contributed by atoms with Crippen molar-refractivity contribution in [3.8, 4) is 6.07 Å². The molecule has 38 heavy (non-hydrogen) atoms. The topological polar surface area (TPSA) is 88.0 Å². The Kier molecular flexibility index (Phi) is 5.81. The van der Waals surface area contributed by atoms with Crippen molar-refractivity contribution in [2.75, 3.05) is 17.2 Å². The van der Waals surface area contributed by atoms with Crippen molar-refractivity contribution in [1.82, 2.24) is 21.0 Å². The van der Waals surface area contributed by atoms with Gasteiger partial charge in [0.2, 0.25) is 0 Å². The van der Waals surface area contributed by atoms with Crippen LogP contribution in [0.3, 0.4) is 0 Å². The van der Waals surface area contributed by atoms with Crippen LogP contribution in [0, 0.1) is 22.7 Å². The fourth-order valence-corrected chi connectivity index (χ4v) is 5.97. The highest BCUT2D eigenvalue weighted by Crippen LogP contribution is 2.60. The molecule has 1 unspecified atom stereocenters. The van der Waals surface area contributed by atoms with E-state index in [4.69, 9.17) is 23.2 Å². The van der Waals surface area contributed by atoms with Crippen molar-refractivity contribution in [2.45, 2.75) is 51.6 Å². The third-order valence-electron chi connectivity index (χ3n) is 7.61. The number of rotatable bonds is 7. The van der Waals surface area contributed by atoms with E-state index in [2.05, 4.69) is 58.4 Å². The first-order valence-corrected chi connectivity index (χ1v) is 13.6. The molecule has 1 atom stereocenters. The molecule has 196 valence electrons. The van der Waals surface area contributed by atoms with Gasteiger partial charge in [0.05, 0.1) is 40.4 Å². The van der Waals surface area contributed by atoms with E-state index in [9.17, 15) is 6.63 Å². The van der Waals surface area contributed by atoms with E-state index in [1.165, 1.54) is 0 Å². The second kappa shape index (κ2) is 9.23. The summed E-state index contributed by atoms with van der Waals surface area (Å²) in [5.74, 6) is 0.819. The summed E-state index contributed by atoms with van der Waals surface area (Å²) in [7, 11) is 0. The van der Waals surface area contributed by atoms with E-state index in [0.29, 0.717) is 55.7 Å². The lowest BCUT2D eigenvalue weighted by Crippen LogP contribution is -2.69. The second-order valence-corrected chi connectivity index (χ2v) is 12.6. The van der Waals surface area contributed by atoms with Gasteiger partial charge in [-0.3, -0.25) is 9.99 Å². The van der Waals surface area contributed by atoms with Gasteiger partial charge in [-0.15, -0.1) is 5.53 Å². The van der Waals surface area contributed by atoms with Gasteiger partial charge in [0, 0.05) is 35.0 Å². The Morgan fingerprint density at radius 1 is 1.24 bits per heavy atom. The van der Waals surface area contributed by atoms with Crippen molar-refractivity contribution >= 4 is 45.5 Å². The van der Waals surface area contributed by atoms with Crippen LogP contribution in [0.15, 0.2) is 54.5 Å². The fraction of sp³-hybridized carbons (Fsp3) is 0.379. The van der Waals surface area contributed by atoms with Crippen LogP contribution >= 0.6 is 23.2 Å². The van der Waals surface area contributed by atoms with Crippen LogP contribution in [0.2, 0.25) is 10.0 Å². The Labute approximate surface area is 234 Å². The molecule has 0 radical (unpaired) electrons. The number of nitrogens with one attached hydrogen (secondary N) is 4. The van der Waals surface area contributed by atoms with E-state index < -0.39 is 6.02 Å². The molecule has 3 fully saturated rings. The average Bonchev–Trinajstić information content (AvgIpc) is 3.30. The maximum absolute atomic E-state index is 9.82. The quantitative estimate of drug-likeness (QED) is 0.260. The maximum Gasteiger partial charge on any atom is 0.103 e. The number of benzene rings is 2. The number of nitrogens with zero attached hydrogens (tertiary/aromatic N) is 3. The third-order valence-corrected chi connectivity index (χ3v) is 8.23. The Bertz CT molecular complexity index is 1530. The van der Waals surface area contributed by atoms with Crippen LogP contribution in [0.4, 0.5) is 11.4 Å². The van der Waals surface area contributed by atoms with Crippen LogP contribution in [-0.2, 0) is 0 Å². The van der Waals surface area contributed by atoms with Crippen LogP contribution in [0.25, 0.3) is 10.9 Å². The molecule has 2 heterocycles. The van der Waals surface area contributed by atoms with E-state index in [1.54, 1.807) is 18.3 Å². The maximum atomic E-state index is 9.82. The molecule has 9 heteroatoms. The zero-order valence-corrected chi connectivity index (χ0v) is 23.1. The summed E-state index contributed by atoms with van der Waals surface area (Å²) in [4.78, 5) is 4.47. The molecule has 4 N–H and O–H groups in total. The first kappa shape index (κ1) is 23.9. The van der Waals surface area contributed by atoms with E-state index in [0.717, 1.165) is 25.2 Å². The Hall–Kier alpha value is -3.18. The van der Waals surface area contributed by atoms with Crippen LogP contribution in [-0.4, -0.2) is 22.1 Å². The van der Waals surface area contributed by atoms with E-state index in [1.807, 2.05) is 30.5 Å². The smallest absolute Gasteiger partial charge is 0.103 e. The molecule has 0 spiro atoms. The molecule has 1 aliphatic heterocycles. The first-order chi connectivity index (χ1) is 18.5. The normalized spacial score (nSPS) is 23.8. The zero-order chi connectivity index (χ0) is 27.6. The van der Waals surface area contributed by atoms with Crippen molar-refractivity contribution in [3.63, 3.8) is 0 Å². The number of hydrazine groups is 2. The van der Waals surface area contributed by atoms with Gasteiger partial charge in [0.1, 0.15) is 6.07 Å². The van der Waals surface area contributed by atoms with Crippen LogP contribution < -0.4 is 21.6 Å². The highest BCUT2D eigenvalue weighted by Gasteiger charge is 2.60. The fourth-order valence-electron chi connectivity index (χ4n) is 5.47. The predicted octanol–water partition coefficient (Wildman–Crippen LogP) is 6.74. The monoisotopic (exact) mass is 548 g/mol. The van der Waals surface area contributed by atoms with Gasteiger partial charge in [-0.1, -0.05) is 62.2 Å². The van der Waals surface area contributed by atoms with E-state index in [-0.39, 0.29) is 11.0 Å². The molecule has 3 aromatic rings. The lowest BCUT2D eigenvalue weighted by atomic mass is 9.49. The van der Waals surface area contributed by atoms with Gasteiger partial charge >= 0.3 is 0 Å². The predicted molar refractivity (Wildman–Crippen MR) is 153 cm³/mol. The van der Waals surface area contributed by atoms with Gasteiger partial charge < -0.3 is 16.1 Å². The summed E-state index contributed by atoms with van der Waals surface area (Å²) < 4.78 is 9.77. The number of aromatic nitrogens is 1. The number of hydrogen-bond donors (Lipinski definition) is 4. The summed E-state index contributed by atoms with van der Waals surface area (Å²) in [6.07, 6.45) is 7.01. The summed E-state index contributed by atoms with van der Waals surface area (Å²) in [5.41, 5.74) is 10.1. The molecule has 4 aliphatic rings. The number of anilines is 2. The van der Waals surface area contributed by atoms with Crippen molar-refractivity contribution in [1.29, 1.82) is 5.26 Å². The number of halogens is 2. The molecule has 0 amide bonds. The molecule has 3 aliphatic carbocycles. The van der Waals surface area contributed by atoms with Crippen LogP contribution in [0.5, 0.6) is 0 Å². The molecule has 0 saturated heterocycles. The standard InChI is InChI=1S/C29H31Cl2N7/c1-28(2,3)16-34-25-18(13-32)14-33-26-21(25)8-19(9-23(26)31)35-27(20-6-4-5-7-22(20)30)24-15-38(37-36-24)29-10-17(11-29)12-29/h4-9,14-15,17,27,35-37H,10-12,16H2,1-3H3,(H,33,34)/i27D. The van der Waals surface area contributed by atoms with Gasteiger partial charge in [-0.05, 0) is 54.4 Å². The number of pyridine rings is 1. The highest BCUT2D eigenvalue weighted by molar-refractivity contribution is 6.36. The minimum absolute atomic E-state index is 0.0117. The molecule has 2 aromatic carbocycles. The highest BCUT2D eigenvalue weighted by atomic mass is 35.5. The van der Waals surface area contributed by atoms with Gasteiger partial charge in [-0.25, -0.2) is 0 Å². The summed E-state index contributed by atoms with van der Waals surface area (Å²) in [5, 5.41) is 20.4. The number of fused-ring (bicyclic) bond motifs is 1. The van der Waals surface area contributed by atoms with Crippen molar-refractivity contribution < 1.29 is 1.37 Å². The molecule has 7 nitrogen and oxygen atoms in total. The van der Waals surface area contributed by atoms with Crippen molar-refractivity contribution in [2.24, 2.45) is 11.3 Å². The Morgan fingerprint density at radius 2 is 2.00 bits per heavy atom. The SMILES string of the molecule is [2H]C(Nc1cc(Cl)c2ncc(C#N)c(NCC(C)(C)C)c2c1)(C1=CN(C23CC(C2)C3)NN1)c1ccccc1Cl. The minimum Gasteiger partial charge on any atom is -0.383 e. The van der Waals surface area contributed by atoms with Crippen LogP contribution in [0.1, 0.15) is 58.5 Å². The molecular weight excluding hydrogens is 517 g/mol. The number of nitriles is 1. The largest absolute Gasteiger partial charge is 0.383 e. The van der Waals surface area contributed by atoms with Gasteiger partial charge in [-0.2, -0.15) is 5.26 Å². The van der Waals surface area contributed by atoms with Gasteiger partial charge in [0.15, 0.2) is 0 Å². The average molecular weight is 550 g/mol. The van der Waals surface area contributed by atoms with Crippen molar-refractivity contribution in [3.05, 3.63) is 75.7 Å². The third kappa shape index (κ3) is 4.41. The summed E-state index contributed by atoms with van der Waals surface area (Å²) >= 11 is 13.4.